The molecule has 0 amide bonds. The number of hydrogen-bond acceptors (Lipinski definition) is 3. The molecule has 1 aliphatic heterocycles. The van der Waals surface area contributed by atoms with E-state index in [1.165, 1.54) is 6.42 Å². The monoisotopic (exact) mass is 268 g/mol. The van der Waals surface area contributed by atoms with Crippen LogP contribution in [-0.4, -0.2) is 37.7 Å². The fourth-order valence-electron chi connectivity index (χ4n) is 2.54. The summed E-state index contributed by atoms with van der Waals surface area (Å²) in [4.78, 5) is 2.46. The first kappa shape index (κ1) is 13.7. The number of rotatable bonds is 5. The molecule has 1 fully saturated rings. The summed E-state index contributed by atoms with van der Waals surface area (Å²) in [6.07, 6.45) is 1.21. The summed E-state index contributed by atoms with van der Waals surface area (Å²) in [7, 11) is 1.70. The van der Waals surface area contributed by atoms with Gasteiger partial charge in [0.2, 0.25) is 0 Å². The first-order chi connectivity index (χ1) is 8.76. The smallest absolute Gasteiger partial charge is 0.124 e. The van der Waals surface area contributed by atoms with Crippen molar-refractivity contribution >= 4 is 11.6 Å². The van der Waals surface area contributed by atoms with Gasteiger partial charge in [0.05, 0.1) is 7.11 Å². The molecule has 1 unspecified atom stereocenters. The molecule has 1 saturated heterocycles. The van der Waals surface area contributed by atoms with Gasteiger partial charge in [-0.05, 0) is 31.6 Å². The number of halogens is 1. The minimum Gasteiger partial charge on any atom is -0.496 e. The molecule has 18 heavy (non-hydrogen) atoms. The van der Waals surface area contributed by atoms with E-state index in [0.717, 1.165) is 42.5 Å². The molecule has 4 heteroatoms. The highest BCUT2D eigenvalue weighted by Crippen LogP contribution is 2.28. The van der Waals surface area contributed by atoms with Crippen LogP contribution in [0.1, 0.15) is 18.9 Å². The van der Waals surface area contributed by atoms with E-state index in [9.17, 15) is 0 Å². The summed E-state index contributed by atoms with van der Waals surface area (Å²) in [5.41, 5.74) is 1.09. The van der Waals surface area contributed by atoms with Gasteiger partial charge in [-0.25, -0.2) is 0 Å². The molecule has 100 valence electrons. The highest BCUT2D eigenvalue weighted by Gasteiger charge is 2.22. The maximum atomic E-state index is 6.29. The lowest BCUT2D eigenvalue weighted by Gasteiger charge is -2.28. The average Bonchev–Trinajstić information content (AvgIpc) is 2.91. The van der Waals surface area contributed by atoms with Crippen LogP contribution in [0.25, 0.3) is 0 Å². The van der Waals surface area contributed by atoms with Crippen molar-refractivity contribution in [1.29, 1.82) is 0 Å². The Hall–Kier alpha value is -0.770. The van der Waals surface area contributed by atoms with Crippen LogP contribution in [-0.2, 0) is 6.54 Å². The summed E-state index contributed by atoms with van der Waals surface area (Å²) in [5.74, 6) is 0.881. The molecule has 0 aromatic heterocycles. The quantitative estimate of drug-likeness (QED) is 0.888. The maximum absolute atomic E-state index is 6.29. The number of hydrogen-bond donors (Lipinski definition) is 1. The van der Waals surface area contributed by atoms with Crippen molar-refractivity contribution in [3.63, 3.8) is 0 Å². The van der Waals surface area contributed by atoms with Crippen molar-refractivity contribution in [2.75, 3.05) is 26.7 Å². The molecule has 1 atom stereocenters. The summed E-state index contributed by atoms with van der Waals surface area (Å²) >= 11 is 6.29. The van der Waals surface area contributed by atoms with Crippen LogP contribution in [0.4, 0.5) is 0 Å². The SMILES string of the molecule is CCN(Cc1c(Cl)cccc1OC)C1CCNC1. The molecule has 1 aromatic carbocycles. The van der Waals surface area contributed by atoms with Crippen LogP contribution in [0.5, 0.6) is 5.75 Å². The lowest BCUT2D eigenvalue weighted by Crippen LogP contribution is -2.36. The van der Waals surface area contributed by atoms with E-state index in [4.69, 9.17) is 16.3 Å². The van der Waals surface area contributed by atoms with E-state index in [-0.39, 0.29) is 0 Å². The third-order valence-electron chi connectivity index (χ3n) is 3.61. The molecule has 0 bridgehead atoms. The molecule has 1 aromatic rings. The minimum absolute atomic E-state index is 0.607. The molecular formula is C14H21ClN2O. The Bertz CT molecular complexity index is 391. The fraction of sp³-hybridized carbons (Fsp3) is 0.571. The van der Waals surface area contributed by atoms with Crippen LogP contribution >= 0.6 is 11.6 Å². The molecule has 1 N–H and O–H groups in total. The topological polar surface area (TPSA) is 24.5 Å². The Kier molecular flexibility index (Phi) is 4.87. The van der Waals surface area contributed by atoms with Gasteiger partial charge in [0.1, 0.15) is 5.75 Å². The number of nitrogens with zero attached hydrogens (tertiary/aromatic N) is 1. The Morgan fingerprint density at radius 2 is 2.33 bits per heavy atom. The Labute approximate surface area is 114 Å². The molecule has 3 nitrogen and oxygen atoms in total. The molecule has 1 heterocycles. The third-order valence-corrected chi connectivity index (χ3v) is 3.97. The molecule has 2 rings (SSSR count). The summed E-state index contributed by atoms with van der Waals surface area (Å²) in [6, 6.07) is 6.44. The molecule has 0 saturated carbocycles. The average molecular weight is 269 g/mol. The number of likely N-dealkylation sites (N-methyl/N-ethyl adjacent to an activating group) is 1. The van der Waals surface area contributed by atoms with Crippen molar-refractivity contribution < 1.29 is 4.74 Å². The van der Waals surface area contributed by atoms with E-state index in [0.29, 0.717) is 6.04 Å². The van der Waals surface area contributed by atoms with Gasteiger partial charge in [0.15, 0.2) is 0 Å². The second-order valence-electron chi connectivity index (χ2n) is 4.63. The van der Waals surface area contributed by atoms with Gasteiger partial charge in [0.25, 0.3) is 0 Å². The first-order valence-electron chi connectivity index (χ1n) is 6.52. The molecular weight excluding hydrogens is 248 g/mol. The fourth-order valence-corrected chi connectivity index (χ4v) is 2.76. The van der Waals surface area contributed by atoms with Gasteiger partial charge in [-0.1, -0.05) is 24.6 Å². The second-order valence-corrected chi connectivity index (χ2v) is 5.04. The van der Waals surface area contributed by atoms with E-state index < -0.39 is 0 Å². The number of benzene rings is 1. The van der Waals surface area contributed by atoms with Gasteiger partial charge in [-0.2, -0.15) is 0 Å². The Balaban J connectivity index is 2.15. The van der Waals surface area contributed by atoms with Crippen LogP contribution < -0.4 is 10.1 Å². The van der Waals surface area contributed by atoms with Crippen molar-refractivity contribution in [2.24, 2.45) is 0 Å². The van der Waals surface area contributed by atoms with Crippen molar-refractivity contribution in [2.45, 2.75) is 25.9 Å². The number of nitrogens with one attached hydrogen (secondary N) is 1. The minimum atomic E-state index is 0.607. The summed E-state index contributed by atoms with van der Waals surface area (Å²) < 4.78 is 5.41. The normalized spacial score (nSPS) is 19.4. The predicted octanol–water partition coefficient (Wildman–Crippen LogP) is 2.53. The Morgan fingerprint density at radius 1 is 1.50 bits per heavy atom. The predicted molar refractivity (Wildman–Crippen MR) is 75.4 cm³/mol. The standard InChI is InChI=1S/C14H21ClN2O/c1-3-17(11-7-8-16-9-11)10-12-13(15)5-4-6-14(12)18-2/h4-6,11,16H,3,7-10H2,1-2H3. The highest BCUT2D eigenvalue weighted by atomic mass is 35.5. The molecule has 1 aliphatic rings. The van der Waals surface area contributed by atoms with E-state index in [1.807, 2.05) is 18.2 Å². The van der Waals surface area contributed by atoms with Gasteiger partial charge in [-0.3, -0.25) is 4.90 Å². The lowest BCUT2D eigenvalue weighted by molar-refractivity contribution is 0.208. The van der Waals surface area contributed by atoms with Gasteiger partial charge in [0, 0.05) is 29.7 Å². The highest BCUT2D eigenvalue weighted by molar-refractivity contribution is 6.31. The zero-order chi connectivity index (χ0) is 13.0. The zero-order valence-corrected chi connectivity index (χ0v) is 11.8. The number of methoxy groups -OCH3 is 1. The van der Waals surface area contributed by atoms with Crippen LogP contribution in [0.15, 0.2) is 18.2 Å². The second kappa shape index (κ2) is 6.41. The van der Waals surface area contributed by atoms with E-state index in [1.54, 1.807) is 7.11 Å². The Morgan fingerprint density at radius 3 is 2.94 bits per heavy atom. The lowest BCUT2D eigenvalue weighted by atomic mass is 10.1. The summed E-state index contributed by atoms with van der Waals surface area (Å²) in [5, 5.41) is 4.20. The number of ether oxygens (including phenoxy) is 1. The van der Waals surface area contributed by atoms with Crippen LogP contribution in [0.2, 0.25) is 5.02 Å². The maximum Gasteiger partial charge on any atom is 0.124 e. The van der Waals surface area contributed by atoms with Gasteiger partial charge >= 0.3 is 0 Å². The van der Waals surface area contributed by atoms with Crippen LogP contribution in [0.3, 0.4) is 0 Å². The van der Waals surface area contributed by atoms with E-state index in [2.05, 4.69) is 17.1 Å². The van der Waals surface area contributed by atoms with E-state index >= 15 is 0 Å². The molecule has 0 spiro atoms. The van der Waals surface area contributed by atoms with Gasteiger partial charge in [-0.15, -0.1) is 0 Å². The summed E-state index contributed by atoms with van der Waals surface area (Å²) in [6.45, 7) is 6.26. The van der Waals surface area contributed by atoms with Crippen LogP contribution in [0, 0.1) is 0 Å². The largest absolute Gasteiger partial charge is 0.496 e. The molecule has 0 aliphatic carbocycles. The first-order valence-corrected chi connectivity index (χ1v) is 6.90. The van der Waals surface area contributed by atoms with Crippen molar-refractivity contribution in [3.8, 4) is 5.75 Å². The zero-order valence-electron chi connectivity index (χ0n) is 11.1. The third kappa shape index (κ3) is 2.97. The molecule has 0 radical (unpaired) electrons. The van der Waals surface area contributed by atoms with Crippen molar-refractivity contribution in [3.05, 3.63) is 28.8 Å². The van der Waals surface area contributed by atoms with Crippen molar-refractivity contribution in [1.82, 2.24) is 10.2 Å². The van der Waals surface area contributed by atoms with Gasteiger partial charge < -0.3 is 10.1 Å².